The predicted molar refractivity (Wildman–Crippen MR) is 160 cm³/mol. The van der Waals surface area contributed by atoms with Gasteiger partial charge in [-0.3, -0.25) is 24.6 Å². The second kappa shape index (κ2) is 12.0. The zero-order valence-corrected chi connectivity index (χ0v) is 23.3. The maximum Gasteiger partial charge on any atom is 0.329 e. The maximum atomic E-state index is 12.5. The van der Waals surface area contributed by atoms with E-state index >= 15 is 0 Å². The van der Waals surface area contributed by atoms with Crippen molar-refractivity contribution in [2.24, 2.45) is 7.05 Å². The Morgan fingerprint density at radius 2 is 1.74 bits per heavy atom. The highest BCUT2D eigenvalue weighted by Crippen LogP contribution is 2.31. The number of amides is 2. The van der Waals surface area contributed by atoms with Crippen LogP contribution >= 0.6 is 0 Å². The Morgan fingerprint density at radius 3 is 2.48 bits per heavy atom. The molecule has 4 heterocycles. The van der Waals surface area contributed by atoms with Gasteiger partial charge in [0.05, 0.1) is 18.9 Å². The number of urea groups is 1. The number of aromatic amines is 1. The van der Waals surface area contributed by atoms with Gasteiger partial charge in [0.1, 0.15) is 11.6 Å². The van der Waals surface area contributed by atoms with Gasteiger partial charge < -0.3 is 15.0 Å². The molecule has 4 aromatic rings. The Morgan fingerprint density at radius 1 is 0.976 bits per heavy atom. The predicted octanol–water partition coefficient (Wildman–Crippen LogP) is 2.57. The lowest BCUT2D eigenvalue weighted by Gasteiger charge is -2.34. The first kappa shape index (κ1) is 27.4. The number of aromatic nitrogens is 4. The van der Waals surface area contributed by atoms with Gasteiger partial charge in [0.2, 0.25) is 0 Å². The van der Waals surface area contributed by atoms with Crippen molar-refractivity contribution in [3.63, 3.8) is 0 Å². The van der Waals surface area contributed by atoms with Crippen LogP contribution in [-0.4, -0.2) is 63.3 Å². The topological polar surface area (TPSA) is 137 Å². The normalized spacial score (nSPS) is 15.2. The summed E-state index contributed by atoms with van der Waals surface area (Å²) >= 11 is 0. The quantitative estimate of drug-likeness (QED) is 0.323. The van der Waals surface area contributed by atoms with E-state index in [1.54, 1.807) is 12.1 Å². The largest absolute Gasteiger partial charge is 0.378 e. The van der Waals surface area contributed by atoms with E-state index < -0.39 is 17.3 Å². The molecule has 0 unspecified atom stereocenters. The molecular formula is C30H32N8O4. The van der Waals surface area contributed by atoms with Gasteiger partial charge in [-0.2, -0.15) is 0 Å². The van der Waals surface area contributed by atoms with E-state index in [4.69, 9.17) is 14.7 Å². The minimum Gasteiger partial charge on any atom is -0.378 e. The van der Waals surface area contributed by atoms with E-state index in [1.807, 2.05) is 18.2 Å². The lowest BCUT2D eigenvalue weighted by molar-refractivity contribution is 0.122. The molecule has 2 aromatic heterocycles. The maximum absolute atomic E-state index is 12.5. The minimum atomic E-state index is -0.618. The van der Waals surface area contributed by atoms with Crippen molar-refractivity contribution in [3.8, 4) is 11.4 Å². The molecule has 6 rings (SSSR count). The molecule has 3 N–H and O–H groups in total. The summed E-state index contributed by atoms with van der Waals surface area (Å²) in [5.41, 5.74) is 3.75. The van der Waals surface area contributed by atoms with Gasteiger partial charge in [0.15, 0.2) is 5.82 Å². The van der Waals surface area contributed by atoms with Crippen molar-refractivity contribution in [2.75, 3.05) is 48.4 Å². The van der Waals surface area contributed by atoms with Crippen LogP contribution in [0.3, 0.4) is 0 Å². The van der Waals surface area contributed by atoms with Crippen LogP contribution in [0.25, 0.3) is 11.4 Å². The molecule has 42 heavy (non-hydrogen) atoms. The SMILES string of the molecule is Cn1c(=O)cc(NC(=O)Nc2ccc(-c3nc4c(c(N5CCOCC5)n3)CN(Cc3ccccc3)CC4)cc2)[nH]c1=O. The molecule has 12 nitrogen and oxygen atoms in total. The molecule has 12 heteroatoms. The molecule has 0 bridgehead atoms. The molecule has 0 spiro atoms. The number of nitrogens with zero attached hydrogens (tertiary/aromatic N) is 5. The molecular weight excluding hydrogens is 536 g/mol. The highest BCUT2D eigenvalue weighted by Gasteiger charge is 2.26. The molecule has 0 radical (unpaired) electrons. The van der Waals surface area contributed by atoms with Gasteiger partial charge in [-0.05, 0) is 29.8 Å². The van der Waals surface area contributed by atoms with Crippen LogP contribution in [0.1, 0.15) is 16.8 Å². The highest BCUT2D eigenvalue weighted by atomic mass is 16.5. The number of fused-ring (bicyclic) bond motifs is 1. The molecule has 0 saturated carbocycles. The van der Waals surface area contributed by atoms with Crippen LogP contribution < -0.4 is 26.8 Å². The number of benzene rings is 2. The Bertz CT molecular complexity index is 1660. The first-order chi connectivity index (χ1) is 20.4. The Hall–Kier alpha value is -4.81. The van der Waals surface area contributed by atoms with Crippen molar-refractivity contribution in [1.29, 1.82) is 0 Å². The number of rotatable bonds is 6. The Labute approximate surface area is 242 Å². The number of anilines is 3. The highest BCUT2D eigenvalue weighted by molar-refractivity contribution is 5.99. The molecule has 2 aliphatic rings. The first-order valence-corrected chi connectivity index (χ1v) is 13.9. The summed E-state index contributed by atoms with van der Waals surface area (Å²) in [6.45, 7) is 5.46. The number of H-pyrrole nitrogens is 1. The fourth-order valence-electron chi connectivity index (χ4n) is 5.21. The fourth-order valence-corrected chi connectivity index (χ4v) is 5.21. The smallest absolute Gasteiger partial charge is 0.329 e. The number of carbonyl (C=O) groups is 1. The zero-order valence-electron chi connectivity index (χ0n) is 23.3. The monoisotopic (exact) mass is 568 g/mol. The van der Waals surface area contributed by atoms with Gasteiger partial charge in [-0.15, -0.1) is 0 Å². The van der Waals surface area contributed by atoms with Crippen LogP contribution in [0, 0.1) is 0 Å². The van der Waals surface area contributed by atoms with Crippen molar-refractivity contribution in [3.05, 3.63) is 98.3 Å². The van der Waals surface area contributed by atoms with Crippen LogP contribution in [0.15, 0.2) is 70.3 Å². The average Bonchev–Trinajstić information content (AvgIpc) is 3.00. The van der Waals surface area contributed by atoms with E-state index in [-0.39, 0.29) is 5.82 Å². The molecule has 0 aliphatic carbocycles. The third kappa shape index (κ3) is 6.09. The van der Waals surface area contributed by atoms with Gasteiger partial charge in [-0.1, -0.05) is 30.3 Å². The van der Waals surface area contributed by atoms with Crippen molar-refractivity contribution < 1.29 is 9.53 Å². The summed E-state index contributed by atoms with van der Waals surface area (Å²) in [5.74, 6) is 1.61. The molecule has 0 atom stereocenters. The zero-order chi connectivity index (χ0) is 29.1. The number of carbonyl (C=O) groups excluding carboxylic acids is 1. The van der Waals surface area contributed by atoms with Crippen LogP contribution in [-0.2, 0) is 31.3 Å². The van der Waals surface area contributed by atoms with E-state index in [1.165, 1.54) is 18.2 Å². The molecule has 2 aliphatic heterocycles. The third-order valence-electron chi connectivity index (χ3n) is 7.47. The number of ether oxygens (including phenoxy) is 1. The fraction of sp³-hybridized carbons (Fsp3) is 0.300. The van der Waals surface area contributed by atoms with Gasteiger partial charge in [0.25, 0.3) is 5.56 Å². The van der Waals surface area contributed by atoms with Crippen molar-refractivity contribution >= 4 is 23.4 Å². The summed E-state index contributed by atoms with van der Waals surface area (Å²) < 4.78 is 6.52. The van der Waals surface area contributed by atoms with E-state index in [9.17, 15) is 14.4 Å². The van der Waals surface area contributed by atoms with Crippen LogP contribution in [0.2, 0.25) is 0 Å². The van der Waals surface area contributed by atoms with E-state index in [0.29, 0.717) is 24.7 Å². The molecule has 1 saturated heterocycles. The lowest BCUT2D eigenvalue weighted by atomic mass is 10.0. The Kier molecular flexibility index (Phi) is 7.80. The standard InChI is InChI=1S/C30H32N8O4/c1-36-26(39)17-25(34-30(36)41)33-29(40)31-22-9-7-21(8-10-22)27-32-24-11-12-37(18-20-5-3-2-4-6-20)19-23(24)28(35-27)38-13-15-42-16-14-38/h2-10,17H,11-16,18-19H2,1H3,(H,34,41)(H2,31,33,40). The van der Waals surface area contributed by atoms with Crippen LogP contribution in [0.5, 0.6) is 0 Å². The molecule has 2 aromatic carbocycles. The molecule has 1 fully saturated rings. The lowest BCUT2D eigenvalue weighted by Crippen LogP contribution is -2.39. The second-order valence-electron chi connectivity index (χ2n) is 10.4. The molecule has 216 valence electrons. The van der Waals surface area contributed by atoms with E-state index in [0.717, 1.165) is 66.9 Å². The minimum absolute atomic E-state index is 0.0117. The van der Waals surface area contributed by atoms with Crippen LogP contribution in [0.4, 0.5) is 22.1 Å². The average molecular weight is 569 g/mol. The summed E-state index contributed by atoms with van der Waals surface area (Å²) in [7, 11) is 1.35. The summed E-state index contributed by atoms with van der Waals surface area (Å²) in [6, 6.07) is 18.3. The summed E-state index contributed by atoms with van der Waals surface area (Å²) in [4.78, 5) is 53.3. The van der Waals surface area contributed by atoms with Crippen molar-refractivity contribution in [1.82, 2.24) is 24.4 Å². The summed E-state index contributed by atoms with van der Waals surface area (Å²) in [5, 5.41) is 5.19. The number of hydrogen-bond donors (Lipinski definition) is 3. The van der Waals surface area contributed by atoms with Crippen molar-refractivity contribution in [2.45, 2.75) is 19.5 Å². The molecule has 2 amide bonds. The number of morpholine rings is 1. The van der Waals surface area contributed by atoms with Gasteiger partial charge in [0, 0.05) is 69.1 Å². The number of hydrogen-bond acceptors (Lipinski definition) is 8. The number of nitrogens with one attached hydrogen (secondary N) is 3. The van der Waals surface area contributed by atoms with Gasteiger partial charge in [-0.25, -0.2) is 19.6 Å². The summed E-state index contributed by atoms with van der Waals surface area (Å²) in [6.07, 6.45) is 0.833. The van der Waals surface area contributed by atoms with E-state index in [2.05, 4.69) is 49.7 Å². The Balaban J connectivity index is 1.21. The van der Waals surface area contributed by atoms with Gasteiger partial charge >= 0.3 is 11.7 Å². The second-order valence-corrected chi connectivity index (χ2v) is 10.4. The first-order valence-electron chi connectivity index (χ1n) is 13.9. The third-order valence-corrected chi connectivity index (χ3v) is 7.47.